The molecule has 2 saturated heterocycles. The molecule has 2 aliphatic heterocycles. The Morgan fingerprint density at radius 1 is 1.07 bits per heavy atom. The van der Waals surface area contributed by atoms with E-state index in [0.717, 1.165) is 30.6 Å². The number of carboxylic acid groups (broad SMARTS) is 1. The summed E-state index contributed by atoms with van der Waals surface area (Å²) in [7, 11) is 0. The molecule has 0 unspecified atom stereocenters. The molecule has 0 radical (unpaired) electrons. The zero-order chi connectivity index (χ0) is 20.4. The molecule has 2 aliphatic rings. The maximum atomic E-state index is 11.8. The number of likely N-dealkylation sites (tertiary alicyclic amines) is 1. The highest BCUT2D eigenvalue weighted by Gasteiger charge is 2.39. The van der Waals surface area contributed by atoms with Gasteiger partial charge in [-0.1, -0.05) is 48.9 Å². The first-order chi connectivity index (χ1) is 14.2. The Labute approximate surface area is 178 Å². The predicted molar refractivity (Wildman–Crippen MR) is 122 cm³/mol. The van der Waals surface area contributed by atoms with Crippen LogP contribution < -0.4 is 5.32 Å². The number of hydrogen-bond acceptors (Lipinski definition) is 3. The van der Waals surface area contributed by atoms with Gasteiger partial charge in [0, 0.05) is 11.4 Å². The summed E-state index contributed by atoms with van der Waals surface area (Å²) in [5, 5.41) is 15.0. The van der Waals surface area contributed by atoms with Crippen molar-refractivity contribution in [2.75, 3.05) is 19.6 Å². The van der Waals surface area contributed by atoms with Crippen LogP contribution in [0.2, 0.25) is 0 Å². The van der Waals surface area contributed by atoms with E-state index in [0.29, 0.717) is 6.54 Å². The molecule has 2 N–H and O–H groups in total. The van der Waals surface area contributed by atoms with E-state index < -0.39 is 11.6 Å². The average molecular weight is 413 g/mol. The molecule has 0 saturated carbocycles. The third kappa shape index (κ3) is 6.44. The topological polar surface area (TPSA) is 52.6 Å². The molecule has 156 valence electrons. The van der Waals surface area contributed by atoms with E-state index in [4.69, 9.17) is 0 Å². The molecule has 4 nitrogen and oxygen atoms in total. The maximum Gasteiger partial charge on any atom is 0.408 e. The number of nitrogens with zero attached hydrogens (tertiary/aromatic N) is 1. The molecule has 1 atom stereocenters. The molecule has 0 spiro atoms. The first kappa shape index (κ1) is 21.6. The highest BCUT2D eigenvalue weighted by Crippen LogP contribution is 2.34. The van der Waals surface area contributed by atoms with Gasteiger partial charge in [-0.05, 0) is 74.7 Å². The molecule has 29 heavy (non-hydrogen) atoms. The van der Waals surface area contributed by atoms with Gasteiger partial charge in [0.15, 0.2) is 0 Å². The van der Waals surface area contributed by atoms with Gasteiger partial charge in [-0.15, -0.1) is 11.3 Å². The van der Waals surface area contributed by atoms with Crippen LogP contribution in [-0.4, -0.2) is 41.3 Å². The van der Waals surface area contributed by atoms with Crippen LogP contribution in [0.1, 0.15) is 49.0 Å². The number of benzene rings is 1. The van der Waals surface area contributed by atoms with Crippen molar-refractivity contribution in [1.82, 2.24) is 10.2 Å². The maximum absolute atomic E-state index is 11.8. The summed E-state index contributed by atoms with van der Waals surface area (Å²) >= 11 is 1.67. The van der Waals surface area contributed by atoms with Gasteiger partial charge in [0.1, 0.15) is 0 Å². The van der Waals surface area contributed by atoms with E-state index >= 15 is 0 Å². The number of nitrogens with one attached hydrogen (secondary N) is 1. The summed E-state index contributed by atoms with van der Waals surface area (Å²) in [6, 6.07) is 14.3. The highest BCUT2D eigenvalue weighted by atomic mass is 32.1. The Hall–Kier alpha value is -2.11. The van der Waals surface area contributed by atoms with Crippen LogP contribution in [0.5, 0.6) is 0 Å². The number of thiophene rings is 1. The first-order valence-electron chi connectivity index (χ1n) is 10.7. The van der Waals surface area contributed by atoms with Crippen molar-refractivity contribution in [3.05, 3.63) is 64.4 Å². The molecular weight excluding hydrogens is 380 g/mol. The largest absolute Gasteiger partial charge is 0.465 e. The minimum Gasteiger partial charge on any atom is -0.465 e. The van der Waals surface area contributed by atoms with E-state index in [1.807, 2.05) is 29.6 Å². The summed E-state index contributed by atoms with van der Waals surface area (Å²) < 4.78 is 0. The average Bonchev–Trinajstić information content (AvgIpc) is 3.29. The van der Waals surface area contributed by atoms with Crippen LogP contribution in [0.15, 0.2) is 53.9 Å². The monoisotopic (exact) mass is 412 g/mol. The van der Waals surface area contributed by atoms with Gasteiger partial charge in [-0.25, -0.2) is 4.79 Å². The van der Waals surface area contributed by atoms with E-state index in [9.17, 15) is 9.90 Å². The second-order valence-corrected chi connectivity index (χ2v) is 8.80. The second kappa shape index (κ2) is 11.2. The van der Waals surface area contributed by atoms with Gasteiger partial charge < -0.3 is 10.4 Å². The van der Waals surface area contributed by atoms with E-state index in [1.165, 1.54) is 37.9 Å². The number of piperidine rings is 2. The van der Waals surface area contributed by atoms with Crippen molar-refractivity contribution in [3.8, 4) is 0 Å². The van der Waals surface area contributed by atoms with Crippen LogP contribution >= 0.6 is 11.3 Å². The molecule has 1 aromatic heterocycles. The Morgan fingerprint density at radius 3 is 2.45 bits per heavy atom. The van der Waals surface area contributed by atoms with Crippen molar-refractivity contribution >= 4 is 23.5 Å². The number of carbonyl (C=O) groups is 1. The van der Waals surface area contributed by atoms with E-state index in [-0.39, 0.29) is 0 Å². The summed E-state index contributed by atoms with van der Waals surface area (Å²) in [6.07, 6.45) is 11.2. The van der Waals surface area contributed by atoms with Gasteiger partial charge in [-0.2, -0.15) is 0 Å². The molecule has 5 heteroatoms. The third-order valence-electron chi connectivity index (χ3n) is 5.67. The highest BCUT2D eigenvalue weighted by molar-refractivity contribution is 7.10. The lowest BCUT2D eigenvalue weighted by Crippen LogP contribution is -2.54. The molecule has 3 heterocycles. The first-order valence-corrected chi connectivity index (χ1v) is 11.6. The summed E-state index contributed by atoms with van der Waals surface area (Å²) in [4.78, 5) is 14.6. The van der Waals surface area contributed by atoms with Crippen molar-refractivity contribution < 1.29 is 9.90 Å². The van der Waals surface area contributed by atoms with Crippen LogP contribution in [0.3, 0.4) is 0 Å². The second-order valence-electron chi connectivity index (χ2n) is 7.82. The zero-order valence-electron chi connectivity index (χ0n) is 17.1. The SMILES string of the molecule is C1CCNCC1.O=C(O)N1CCCC[C@@]1(/C=C/c1cccs1)Cc1ccccc1. The van der Waals surface area contributed by atoms with E-state index in [1.54, 1.807) is 16.2 Å². The lowest BCUT2D eigenvalue weighted by atomic mass is 9.81. The number of amides is 1. The van der Waals surface area contributed by atoms with Crippen molar-refractivity contribution in [3.63, 3.8) is 0 Å². The van der Waals surface area contributed by atoms with Gasteiger partial charge in [0.2, 0.25) is 0 Å². The molecule has 1 aromatic carbocycles. The Kier molecular flexibility index (Phi) is 8.32. The summed E-state index contributed by atoms with van der Waals surface area (Å²) in [6.45, 7) is 3.11. The Bertz CT molecular complexity index is 745. The molecule has 4 rings (SSSR count). The minimum absolute atomic E-state index is 0.449. The minimum atomic E-state index is -0.823. The Balaban J connectivity index is 0.000000343. The summed E-state index contributed by atoms with van der Waals surface area (Å²) in [5.41, 5.74) is 0.728. The van der Waals surface area contributed by atoms with Crippen LogP contribution in [-0.2, 0) is 6.42 Å². The Morgan fingerprint density at radius 2 is 1.86 bits per heavy atom. The molecular formula is C24H32N2O2S. The van der Waals surface area contributed by atoms with Gasteiger partial charge >= 0.3 is 6.09 Å². The van der Waals surface area contributed by atoms with Crippen molar-refractivity contribution in [1.29, 1.82) is 0 Å². The normalized spacial score (nSPS) is 22.1. The number of hydrogen-bond donors (Lipinski definition) is 2. The molecule has 2 fully saturated rings. The van der Waals surface area contributed by atoms with Crippen molar-refractivity contribution in [2.45, 2.75) is 50.5 Å². The molecule has 1 amide bonds. The molecule has 0 bridgehead atoms. The zero-order valence-corrected chi connectivity index (χ0v) is 17.9. The third-order valence-corrected chi connectivity index (χ3v) is 6.51. The predicted octanol–water partition coefficient (Wildman–Crippen LogP) is 5.67. The standard InChI is InChI=1S/C19H21NO2S.C5H11N/c21-18(22)20-13-5-4-11-19(20,12-10-17-9-6-14-23-17)15-16-7-2-1-3-8-16;1-2-4-6-5-3-1/h1-3,6-10,12,14H,4-5,11,13,15H2,(H,21,22);6H,1-5H2/b12-10+;/t19-;/m1./s1. The fourth-order valence-corrected chi connectivity index (χ4v) is 4.75. The molecule has 2 aromatic rings. The fourth-order valence-electron chi connectivity index (χ4n) is 4.14. The smallest absolute Gasteiger partial charge is 0.408 e. The van der Waals surface area contributed by atoms with Crippen molar-refractivity contribution in [2.24, 2.45) is 0 Å². The van der Waals surface area contributed by atoms with Gasteiger partial charge in [0.05, 0.1) is 5.54 Å². The fraction of sp³-hybridized carbons (Fsp3) is 0.458. The molecule has 0 aliphatic carbocycles. The number of rotatable bonds is 4. The van der Waals surface area contributed by atoms with Gasteiger partial charge in [-0.3, -0.25) is 4.90 Å². The van der Waals surface area contributed by atoms with Gasteiger partial charge in [0.25, 0.3) is 0 Å². The lowest BCUT2D eigenvalue weighted by molar-refractivity contribution is 0.0738. The van der Waals surface area contributed by atoms with E-state index in [2.05, 4.69) is 35.7 Å². The quantitative estimate of drug-likeness (QED) is 0.680. The van der Waals surface area contributed by atoms with Crippen LogP contribution in [0.25, 0.3) is 6.08 Å². The van der Waals surface area contributed by atoms with Crippen LogP contribution in [0.4, 0.5) is 4.79 Å². The lowest BCUT2D eigenvalue weighted by Gasteiger charge is -2.44. The van der Waals surface area contributed by atoms with Crippen LogP contribution in [0, 0.1) is 0 Å². The summed E-state index contributed by atoms with van der Waals surface area (Å²) in [5.74, 6) is 0.